The lowest BCUT2D eigenvalue weighted by Gasteiger charge is -2.28. The second-order valence-corrected chi connectivity index (χ2v) is 6.56. The first-order valence-corrected chi connectivity index (χ1v) is 7.67. The van der Waals surface area contributed by atoms with Crippen molar-refractivity contribution in [2.75, 3.05) is 0 Å². The molecule has 1 aliphatic rings. The minimum Gasteiger partial charge on any atom is -0.308 e. The molecule has 1 fully saturated rings. The number of hydrogen-bond acceptors (Lipinski definition) is 3. The van der Waals surface area contributed by atoms with Crippen LogP contribution in [0.25, 0.3) is 0 Å². The number of rotatable bonds is 4. The molecular weight excluding hydrogens is 228 g/mol. The average molecular weight is 252 g/mol. The molecular formula is C14H24N2S. The molecule has 96 valence electrons. The molecule has 17 heavy (non-hydrogen) atoms. The lowest BCUT2D eigenvalue weighted by atomic mass is 9.84. The predicted octanol–water partition coefficient (Wildman–Crippen LogP) is 3.82. The molecule has 1 aromatic rings. The summed E-state index contributed by atoms with van der Waals surface area (Å²) in [6, 6.07) is 0.721. The molecule has 1 aliphatic carbocycles. The van der Waals surface area contributed by atoms with Crippen molar-refractivity contribution in [1.82, 2.24) is 10.3 Å². The Bertz CT molecular complexity index is 340. The fourth-order valence-electron chi connectivity index (χ4n) is 2.69. The summed E-state index contributed by atoms with van der Waals surface area (Å²) in [5, 5.41) is 4.94. The fourth-order valence-corrected chi connectivity index (χ4v) is 3.58. The minimum absolute atomic E-state index is 0.721. The van der Waals surface area contributed by atoms with Crippen LogP contribution in [0.5, 0.6) is 0 Å². The maximum absolute atomic E-state index is 4.59. The molecule has 2 atom stereocenters. The van der Waals surface area contributed by atoms with Gasteiger partial charge in [0.25, 0.3) is 0 Å². The molecule has 0 amide bonds. The zero-order chi connectivity index (χ0) is 12.3. The van der Waals surface area contributed by atoms with Crippen LogP contribution in [0, 0.1) is 19.8 Å². The maximum Gasteiger partial charge on any atom is 0.107 e. The Kier molecular flexibility index (Phi) is 4.57. The Morgan fingerprint density at radius 1 is 1.35 bits per heavy atom. The second kappa shape index (κ2) is 5.96. The van der Waals surface area contributed by atoms with Gasteiger partial charge in [0.05, 0.1) is 5.69 Å². The van der Waals surface area contributed by atoms with Gasteiger partial charge in [0.2, 0.25) is 0 Å². The van der Waals surface area contributed by atoms with Crippen LogP contribution in [0.4, 0.5) is 0 Å². The zero-order valence-electron chi connectivity index (χ0n) is 11.3. The second-order valence-electron chi connectivity index (χ2n) is 5.27. The van der Waals surface area contributed by atoms with Crippen molar-refractivity contribution in [1.29, 1.82) is 0 Å². The first kappa shape index (κ1) is 13.0. The monoisotopic (exact) mass is 252 g/mol. The van der Waals surface area contributed by atoms with E-state index in [1.165, 1.54) is 47.7 Å². The molecule has 0 spiro atoms. The Hall–Kier alpha value is -0.410. The first-order valence-electron chi connectivity index (χ1n) is 6.85. The lowest BCUT2D eigenvalue weighted by Crippen LogP contribution is -2.33. The van der Waals surface area contributed by atoms with E-state index in [1.54, 1.807) is 0 Å². The smallest absolute Gasteiger partial charge is 0.107 e. The number of aryl methyl sites for hydroxylation is 2. The molecule has 1 heterocycles. The summed E-state index contributed by atoms with van der Waals surface area (Å²) in [6.07, 6.45) is 6.88. The Morgan fingerprint density at radius 2 is 2.18 bits per heavy atom. The molecule has 2 nitrogen and oxygen atoms in total. The van der Waals surface area contributed by atoms with Crippen molar-refractivity contribution in [3.8, 4) is 0 Å². The molecule has 1 aromatic heterocycles. The van der Waals surface area contributed by atoms with E-state index in [2.05, 4.69) is 31.1 Å². The zero-order valence-corrected chi connectivity index (χ0v) is 12.1. The van der Waals surface area contributed by atoms with Gasteiger partial charge in [0.1, 0.15) is 5.01 Å². The van der Waals surface area contributed by atoms with Gasteiger partial charge < -0.3 is 5.32 Å². The standard InChI is InChI=1S/C14H24N2S/c1-4-12-6-5-7-13(8-12)15-9-14-16-10(2)11(3)17-14/h12-13,15H,4-9H2,1-3H3. The van der Waals surface area contributed by atoms with E-state index in [9.17, 15) is 0 Å². The van der Waals surface area contributed by atoms with Crippen LogP contribution >= 0.6 is 11.3 Å². The Morgan fingerprint density at radius 3 is 2.82 bits per heavy atom. The van der Waals surface area contributed by atoms with Gasteiger partial charge in [-0.2, -0.15) is 0 Å². The molecule has 2 rings (SSSR count). The van der Waals surface area contributed by atoms with Crippen molar-refractivity contribution in [3.05, 3.63) is 15.6 Å². The van der Waals surface area contributed by atoms with Crippen molar-refractivity contribution < 1.29 is 0 Å². The average Bonchev–Trinajstić information content (AvgIpc) is 2.67. The van der Waals surface area contributed by atoms with E-state index >= 15 is 0 Å². The van der Waals surface area contributed by atoms with E-state index < -0.39 is 0 Å². The number of hydrogen-bond donors (Lipinski definition) is 1. The van der Waals surface area contributed by atoms with Gasteiger partial charge in [-0.15, -0.1) is 11.3 Å². The summed E-state index contributed by atoms with van der Waals surface area (Å²) in [5.74, 6) is 0.945. The van der Waals surface area contributed by atoms with Crippen LogP contribution in [0.2, 0.25) is 0 Å². The third kappa shape index (κ3) is 3.52. The SMILES string of the molecule is CCC1CCCC(NCc2nc(C)c(C)s2)C1. The van der Waals surface area contributed by atoms with Gasteiger partial charge in [-0.25, -0.2) is 4.98 Å². The minimum atomic E-state index is 0.721. The summed E-state index contributed by atoms with van der Waals surface area (Å²) < 4.78 is 0. The number of nitrogens with one attached hydrogen (secondary N) is 1. The molecule has 1 saturated carbocycles. The normalized spacial score (nSPS) is 25.1. The molecule has 0 saturated heterocycles. The van der Waals surface area contributed by atoms with E-state index in [0.717, 1.165) is 18.5 Å². The van der Waals surface area contributed by atoms with Crippen molar-refractivity contribution >= 4 is 11.3 Å². The van der Waals surface area contributed by atoms with Crippen LogP contribution in [0.1, 0.15) is 54.6 Å². The van der Waals surface area contributed by atoms with Crippen LogP contribution < -0.4 is 5.32 Å². The van der Waals surface area contributed by atoms with Crippen LogP contribution in [0.3, 0.4) is 0 Å². The van der Waals surface area contributed by atoms with Crippen LogP contribution in [-0.4, -0.2) is 11.0 Å². The van der Waals surface area contributed by atoms with Crippen molar-refractivity contribution in [3.63, 3.8) is 0 Å². The van der Waals surface area contributed by atoms with Gasteiger partial charge >= 0.3 is 0 Å². The van der Waals surface area contributed by atoms with E-state index in [-0.39, 0.29) is 0 Å². The largest absolute Gasteiger partial charge is 0.308 e. The van der Waals surface area contributed by atoms with E-state index in [4.69, 9.17) is 0 Å². The van der Waals surface area contributed by atoms with Crippen molar-refractivity contribution in [2.24, 2.45) is 5.92 Å². The third-order valence-electron chi connectivity index (χ3n) is 3.97. The summed E-state index contributed by atoms with van der Waals surface area (Å²) >= 11 is 1.84. The number of thiazole rings is 1. The number of aromatic nitrogens is 1. The van der Waals surface area contributed by atoms with Gasteiger partial charge in [0.15, 0.2) is 0 Å². The van der Waals surface area contributed by atoms with Gasteiger partial charge in [0, 0.05) is 17.5 Å². The highest BCUT2D eigenvalue weighted by atomic mass is 32.1. The topological polar surface area (TPSA) is 24.9 Å². The Balaban J connectivity index is 1.81. The van der Waals surface area contributed by atoms with Crippen molar-refractivity contribution in [2.45, 2.75) is 65.5 Å². The molecule has 3 heteroatoms. The quantitative estimate of drug-likeness (QED) is 0.881. The highest BCUT2D eigenvalue weighted by molar-refractivity contribution is 7.11. The Labute approximate surface area is 109 Å². The first-order chi connectivity index (χ1) is 8.19. The summed E-state index contributed by atoms with van der Waals surface area (Å²) in [4.78, 5) is 5.95. The number of nitrogens with zero attached hydrogens (tertiary/aromatic N) is 1. The predicted molar refractivity (Wildman–Crippen MR) is 74.5 cm³/mol. The molecule has 0 aliphatic heterocycles. The summed E-state index contributed by atoms with van der Waals surface area (Å²) in [5.41, 5.74) is 1.20. The molecule has 0 bridgehead atoms. The maximum atomic E-state index is 4.59. The van der Waals surface area contributed by atoms with Crippen LogP contribution in [-0.2, 0) is 6.54 Å². The van der Waals surface area contributed by atoms with Gasteiger partial charge in [-0.3, -0.25) is 0 Å². The highest BCUT2D eigenvalue weighted by Crippen LogP contribution is 2.27. The molecule has 0 aromatic carbocycles. The van der Waals surface area contributed by atoms with E-state index in [1.807, 2.05) is 11.3 Å². The fraction of sp³-hybridized carbons (Fsp3) is 0.786. The van der Waals surface area contributed by atoms with E-state index in [0.29, 0.717) is 0 Å². The lowest BCUT2D eigenvalue weighted by molar-refractivity contribution is 0.278. The van der Waals surface area contributed by atoms with Crippen LogP contribution in [0.15, 0.2) is 0 Å². The molecule has 2 unspecified atom stereocenters. The van der Waals surface area contributed by atoms with Gasteiger partial charge in [-0.05, 0) is 32.6 Å². The van der Waals surface area contributed by atoms with Gasteiger partial charge in [-0.1, -0.05) is 26.2 Å². The highest BCUT2D eigenvalue weighted by Gasteiger charge is 2.20. The molecule has 1 N–H and O–H groups in total. The third-order valence-corrected chi connectivity index (χ3v) is 5.05. The summed E-state index contributed by atoms with van der Waals surface area (Å²) in [6.45, 7) is 7.54. The summed E-state index contributed by atoms with van der Waals surface area (Å²) in [7, 11) is 0. The molecule has 0 radical (unpaired) electrons.